The first-order chi connectivity index (χ1) is 9.66. The molecular formula is C18H14O2. The number of hydrogen-bond acceptors (Lipinski definition) is 2. The van der Waals surface area contributed by atoms with Gasteiger partial charge in [0.1, 0.15) is 5.75 Å². The second kappa shape index (κ2) is 4.82. The zero-order valence-electron chi connectivity index (χ0n) is 11.2. The monoisotopic (exact) mass is 262 g/mol. The molecule has 0 aliphatic rings. The Morgan fingerprint density at radius 3 is 2.25 bits per heavy atom. The van der Waals surface area contributed by atoms with Crippen LogP contribution < -0.4 is 4.74 Å². The molecule has 20 heavy (non-hydrogen) atoms. The smallest absolute Gasteiger partial charge is 0.338 e. The van der Waals surface area contributed by atoms with Crippen molar-refractivity contribution in [2.24, 2.45) is 0 Å². The maximum absolute atomic E-state index is 11.8. The van der Waals surface area contributed by atoms with Crippen LogP contribution in [-0.2, 0) is 4.79 Å². The van der Waals surface area contributed by atoms with Gasteiger partial charge in [0.25, 0.3) is 0 Å². The average Bonchev–Trinajstić information content (AvgIpc) is 2.47. The minimum atomic E-state index is -0.398. The summed E-state index contributed by atoms with van der Waals surface area (Å²) in [4.78, 5) is 11.8. The summed E-state index contributed by atoms with van der Waals surface area (Å²) in [6, 6.07) is 17.9. The summed E-state index contributed by atoms with van der Waals surface area (Å²) >= 11 is 0. The maximum Gasteiger partial charge on any atom is 0.338 e. The molecule has 0 unspecified atom stereocenters. The number of ether oxygens (including phenoxy) is 1. The van der Waals surface area contributed by atoms with Gasteiger partial charge < -0.3 is 4.74 Å². The van der Waals surface area contributed by atoms with Gasteiger partial charge in [-0.1, -0.05) is 55.1 Å². The highest BCUT2D eigenvalue weighted by molar-refractivity contribution is 6.11. The molecule has 3 aromatic carbocycles. The van der Waals surface area contributed by atoms with E-state index >= 15 is 0 Å². The van der Waals surface area contributed by atoms with Gasteiger partial charge in [-0.3, -0.25) is 0 Å². The van der Waals surface area contributed by atoms with Crippen LogP contribution in [-0.4, -0.2) is 5.97 Å². The number of rotatable bonds is 2. The predicted octanol–water partition coefficient (Wildman–Crippen LogP) is 4.47. The second-order valence-electron chi connectivity index (χ2n) is 4.81. The van der Waals surface area contributed by atoms with Crippen molar-refractivity contribution in [3.8, 4) is 5.75 Å². The summed E-state index contributed by atoms with van der Waals surface area (Å²) in [5.41, 5.74) is 0.391. The number of benzene rings is 3. The Morgan fingerprint density at radius 2 is 1.55 bits per heavy atom. The Labute approximate surface area is 117 Å². The Morgan fingerprint density at radius 1 is 0.950 bits per heavy atom. The van der Waals surface area contributed by atoms with Gasteiger partial charge in [0.15, 0.2) is 0 Å². The molecule has 3 rings (SSSR count). The minimum Gasteiger partial charge on any atom is -0.423 e. The fourth-order valence-corrected chi connectivity index (χ4v) is 2.29. The summed E-state index contributed by atoms with van der Waals surface area (Å²) in [5.74, 6) is 0.178. The predicted molar refractivity (Wildman–Crippen MR) is 81.9 cm³/mol. The van der Waals surface area contributed by atoms with E-state index in [-0.39, 0.29) is 0 Å². The molecule has 98 valence electrons. The van der Waals surface area contributed by atoms with Crippen molar-refractivity contribution in [1.82, 2.24) is 0 Å². The highest BCUT2D eigenvalue weighted by Gasteiger charge is 2.11. The van der Waals surface area contributed by atoms with Gasteiger partial charge in [-0.05, 0) is 29.1 Å². The number of carbonyl (C=O) groups excluding carboxylic acids is 1. The molecule has 3 aromatic rings. The Hall–Kier alpha value is -2.61. The van der Waals surface area contributed by atoms with Crippen molar-refractivity contribution in [2.45, 2.75) is 6.92 Å². The molecule has 0 saturated heterocycles. The second-order valence-corrected chi connectivity index (χ2v) is 4.81. The topological polar surface area (TPSA) is 26.3 Å². The lowest BCUT2D eigenvalue weighted by atomic mass is 10.0. The number of esters is 1. The van der Waals surface area contributed by atoms with Crippen LogP contribution in [0.25, 0.3) is 21.5 Å². The summed E-state index contributed by atoms with van der Waals surface area (Å²) in [6.07, 6.45) is 0. The fraction of sp³-hybridized carbons (Fsp3) is 0.0556. The zero-order chi connectivity index (χ0) is 14.1. The van der Waals surface area contributed by atoms with E-state index in [4.69, 9.17) is 4.74 Å². The van der Waals surface area contributed by atoms with E-state index in [2.05, 4.69) is 12.6 Å². The van der Waals surface area contributed by atoms with Crippen LogP contribution in [0.15, 0.2) is 66.7 Å². The zero-order valence-corrected chi connectivity index (χ0v) is 11.2. The first-order valence-corrected chi connectivity index (χ1v) is 6.45. The summed E-state index contributed by atoms with van der Waals surface area (Å²) < 4.78 is 5.46. The SMILES string of the molecule is C=C(C)C(=O)Oc1cc2ccccc2c2ccccc12. The molecular weight excluding hydrogens is 248 g/mol. The molecule has 0 radical (unpaired) electrons. The Kier molecular flexibility index (Phi) is 2.99. The van der Waals surface area contributed by atoms with Crippen LogP contribution in [0.5, 0.6) is 5.75 Å². The minimum absolute atomic E-state index is 0.391. The van der Waals surface area contributed by atoms with Gasteiger partial charge in [0.05, 0.1) is 0 Å². The Balaban J connectivity index is 2.29. The number of fused-ring (bicyclic) bond motifs is 3. The molecule has 0 N–H and O–H groups in total. The molecule has 0 saturated carbocycles. The molecule has 2 heteroatoms. The standard InChI is InChI=1S/C18H14O2/c1-12(2)18(19)20-17-11-13-7-3-4-8-14(13)15-9-5-6-10-16(15)17/h3-11H,1H2,2H3. The quantitative estimate of drug-likeness (QED) is 0.295. The first kappa shape index (κ1) is 12.4. The molecule has 0 heterocycles. The van der Waals surface area contributed by atoms with Crippen LogP contribution in [0.4, 0.5) is 0 Å². The summed E-state index contributed by atoms with van der Waals surface area (Å²) in [6.45, 7) is 5.26. The van der Waals surface area contributed by atoms with Crippen LogP contribution >= 0.6 is 0 Å². The highest BCUT2D eigenvalue weighted by Crippen LogP contribution is 2.33. The summed E-state index contributed by atoms with van der Waals surface area (Å²) in [7, 11) is 0. The summed E-state index contributed by atoms with van der Waals surface area (Å²) in [5, 5.41) is 4.21. The van der Waals surface area contributed by atoms with Crippen molar-refractivity contribution in [3.05, 3.63) is 66.7 Å². The lowest BCUT2D eigenvalue weighted by molar-refractivity contribution is -0.129. The highest BCUT2D eigenvalue weighted by atomic mass is 16.5. The van der Waals surface area contributed by atoms with Gasteiger partial charge in [-0.25, -0.2) is 4.79 Å². The van der Waals surface area contributed by atoms with Crippen molar-refractivity contribution in [2.75, 3.05) is 0 Å². The lowest BCUT2D eigenvalue weighted by Gasteiger charge is -2.10. The van der Waals surface area contributed by atoms with Crippen LogP contribution in [0.3, 0.4) is 0 Å². The third-order valence-corrected chi connectivity index (χ3v) is 3.28. The maximum atomic E-state index is 11.8. The molecule has 2 nitrogen and oxygen atoms in total. The van der Waals surface area contributed by atoms with Crippen molar-refractivity contribution < 1.29 is 9.53 Å². The molecule has 0 aliphatic carbocycles. The van der Waals surface area contributed by atoms with E-state index < -0.39 is 5.97 Å². The van der Waals surface area contributed by atoms with Crippen LogP contribution in [0.1, 0.15) is 6.92 Å². The van der Waals surface area contributed by atoms with Gasteiger partial charge in [0.2, 0.25) is 0 Å². The molecule has 0 spiro atoms. The number of hydrogen-bond donors (Lipinski definition) is 0. The van der Waals surface area contributed by atoms with E-state index in [1.807, 2.05) is 48.5 Å². The molecule has 0 atom stereocenters. The largest absolute Gasteiger partial charge is 0.423 e. The normalized spacial score (nSPS) is 10.7. The van der Waals surface area contributed by atoms with Crippen molar-refractivity contribution >= 4 is 27.5 Å². The van der Waals surface area contributed by atoms with E-state index in [9.17, 15) is 4.79 Å². The van der Waals surface area contributed by atoms with E-state index in [0.29, 0.717) is 11.3 Å². The number of carbonyl (C=O) groups is 1. The third kappa shape index (κ3) is 2.05. The van der Waals surface area contributed by atoms with Gasteiger partial charge in [0, 0.05) is 11.0 Å². The van der Waals surface area contributed by atoms with Gasteiger partial charge in [-0.2, -0.15) is 0 Å². The average molecular weight is 262 g/mol. The van der Waals surface area contributed by atoms with Crippen molar-refractivity contribution in [1.29, 1.82) is 0 Å². The van der Waals surface area contributed by atoms with E-state index in [1.54, 1.807) is 6.92 Å². The molecule has 0 amide bonds. The third-order valence-electron chi connectivity index (χ3n) is 3.28. The van der Waals surface area contributed by atoms with Crippen LogP contribution in [0.2, 0.25) is 0 Å². The van der Waals surface area contributed by atoms with Gasteiger partial charge >= 0.3 is 5.97 Å². The van der Waals surface area contributed by atoms with Gasteiger partial charge in [-0.15, -0.1) is 0 Å². The van der Waals surface area contributed by atoms with E-state index in [0.717, 1.165) is 21.5 Å². The van der Waals surface area contributed by atoms with Crippen molar-refractivity contribution in [3.63, 3.8) is 0 Å². The van der Waals surface area contributed by atoms with E-state index in [1.165, 1.54) is 0 Å². The molecule has 0 aliphatic heterocycles. The van der Waals surface area contributed by atoms with Crippen LogP contribution in [0, 0.1) is 0 Å². The molecule has 0 fully saturated rings. The molecule has 0 aromatic heterocycles. The lowest BCUT2D eigenvalue weighted by Crippen LogP contribution is -2.08. The first-order valence-electron chi connectivity index (χ1n) is 6.45. The Bertz CT molecular complexity index is 831. The fourth-order valence-electron chi connectivity index (χ4n) is 2.29. The molecule has 0 bridgehead atoms.